The molecule has 3 nitrogen and oxygen atoms in total. The topological polar surface area (TPSA) is 41.1 Å². The molecule has 0 saturated heterocycles. The van der Waals surface area contributed by atoms with Crippen molar-refractivity contribution in [3.8, 4) is 0 Å². The summed E-state index contributed by atoms with van der Waals surface area (Å²) in [5.74, 6) is 0.955. The quantitative estimate of drug-likeness (QED) is 0.672. The van der Waals surface area contributed by atoms with Gasteiger partial charge in [0.15, 0.2) is 0 Å². The number of rotatable bonds is 4. The van der Waals surface area contributed by atoms with Crippen molar-refractivity contribution in [3.05, 3.63) is 0 Å². The second-order valence-electron chi connectivity index (χ2n) is 2.36. The molecule has 0 bridgehead atoms. The fourth-order valence-corrected chi connectivity index (χ4v) is 1.31. The highest BCUT2D eigenvalue weighted by Gasteiger charge is 2.03. The molecule has 0 aliphatic heterocycles. The average Bonchev–Trinajstić information content (AvgIpc) is 1.87. The molecule has 11 heavy (non-hydrogen) atoms. The van der Waals surface area contributed by atoms with Crippen molar-refractivity contribution >= 4 is 17.8 Å². The summed E-state index contributed by atoms with van der Waals surface area (Å²) in [6, 6.07) is 0.172. The van der Waals surface area contributed by atoms with E-state index in [4.69, 9.17) is 0 Å². The third kappa shape index (κ3) is 6.04. The van der Waals surface area contributed by atoms with Gasteiger partial charge in [0.2, 0.25) is 0 Å². The Kier molecular flexibility index (Phi) is 6.12. The first kappa shape index (κ1) is 10.6. The Morgan fingerprint density at radius 2 is 2.27 bits per heavy atom. The number of thioether (sulfide) groups is 1. The maximum Gasteiger partial charge on any atom is 0.315 e. The lowest BCUT2D eigenvalue weighted by Gasteiger charge is -2.12. The smallest absolute Gasteiger partial charge is 0.315 e. The van der Waals surface area contributed by atoms with Crippen LogP contribution in [0.5, 0.6) is 0 Å². The first-order valence-electron chi connectivity index (χ1n) is 3.74. The van der Waals surface area contributed by atoms with Gasteiger partial charge in [-0.1, -0.05) is 0 Å². The molecule has 0 aromatic rings. The van der Waals surface area contributed by atoms with E-state index in [1.165, 1.54) is 0 Å². The SMILES string of the molecule is CCNC(=O)NC(C)CSC. The van der Waals surface area contributed by atoms with Crippen molar-refractivity contribution < 1.29 is 4.79 Å². The monoisotopic (exact) mass is 176 g/mol. The third-order valence-corrected chi connectivity index (χ3v) is 1.96. The highest BCUT2D eigenvalue weighted by molar-refractivity contribution is 7.98. The van der Waals surface area contributed by atoms with Crippen LogP contribution < -0.4 is 10.6 Å². The van der Waals surface area contributed by atoms with Crippen molar-refractivity contribution in [3.63, 3.8) is 0 Å². The first-order valence-corrected chi connectivity index (χ1v) is 5.13. The Bertz CT molecular complexity index is 119. The van der Waals surface area contributed by atoms with Crippen LogP contribution in [0.3, 0.4) is 0 Å². The third-order valence-electron chi connectivity index (χ3n) is 1.13. The van der Waals surface area contributed by atoms with Crippen molar-refractivity contribution in [2.24, 2.45) is 0 Å². The normalized spacial score (nSPS) is 12.3. The molecule has 0 heterocycles. The zero-order valence-electron chi connectivity index (χ0n) is 7.31. The fourth-order valence-electron chi connectivity index (χ4n) is 0.727. The van der Waals surface area contributed by atoms with Crippen LogP contribution >= 0.6 is 11.8 Å². The first-order chi connectivity index (χ1) is 5.20. The van der Waals surface area contributed by atoms with Gasteiger partial charge in [0.05, 0.1) is 0 Å². The summed E-state index contributed by atoms with van der Waals surface area (Å²) in [6.45, 7) is 4.57. The highest BCUT2D eigenvalue weighted by atomic mass is 32.2. The van der Waals surface area contributed by atoms with Gasteiger partial charge in [0.25, 0.3) is 0 Å². The lowest BCUT2D eigenvalue weighted by atomic mass is 10.4. The van der Waals surface area contributed by atoms with Crippen LogP contribution in [0.25, 0.3) is 0 Å². The summed E-state index contributed by atoms with van der Waals surface area (Å²) in [7, 11) is 0. The summed E-state index contributed by atoms with van der Waals surface area (Å²) in [4.78, 5) is 10.9. The second kappa shape index (κ2) is 6.34. The van der Waals surface area contributed by atoms with E-state index in [0.29, 0.717) is 6.54 Å². The fraction of sp³-hybridized carbons (Fsp3) is 0.857. The van der Waals surface area contributed by atoms with Crippen molar-refractivity contribution in [2.75, 3.05) is 18.6 Å². The Morgan fingerprint density at radius 1 is 1.64 bits per heavy atom. The second-order valence-corrected chi connectivity index (χ2v) is 3.27. The van der Waals surface area contributed by atoms with Gasteiger partial charge < -0.3 is 10.6 Å². The Hall–Kier alpha value is -0.380. The summed E-state index contributed by atoms with van der Waals surface area (Å²) < 4.78 is 0. The molecule has 0 aliphatic rings. The molecule has 0 aromatic carbocycles. The molecule has 0 aromatic heterocycles. The molecular weight excluding hydrogens is 160 g/mol. The van der Waals surface area contributed by atoms with E-state index < -0.39 is 0 Å². The lowest BCUT2D eigenvalue weighted by molar-refractivity contribution is 0.239. The summed E-state index contributed by atoms with van der Waals surface area (Å²) in [5.41, 5.74) is 0. The van der Waals surface area contributed by atoms with Crippen molar-refractivity contribution in [1.29, 1.82) is 0 Å². The van der Waals surface area contributed by atoms with Crippen molar-refractivity contribution in [2.45, 2.75) is 19.9 Å². The van der Waals surface area contributed by atoms with Crippen molar-refractivity contribution in [1.82, 2.24) is 10.6 Å². The molecule has 0 fully saturated rings. The number of hydrogen-bond donors (Lipinski definition) is 2. The van der Waals surface area contributed by atoms with Gasteiger partial charge in [-0.15, -0.1) is 0 Å². The summed E-state index contributed by atoms with van der Waals surface area (Å²) in [6.07, 6.45) is 2.02. The number of carbonyl (C=O) groups excluding carboxylic acids is 1. The Balaban J connectivity index is 3.40. The van der Waals surface area contributed by atoms with Crippen LogP contribution in [-0.4, -0.2) is 30.6 Å². The van der Waals surface area contributed by atoms with E-state index in [0.717, 1.165) is 5.75 Å². The van der Waals surface area contributed by atoms with E-state index in [9.17, 15) is 4.79 Å². The maximum atomic E-state index is 10.9. The molecule has 0 aliphatic carbocycles. The predicted octanol–water partition coefficient (Wildman–Crippen LogP) is 1.06. The molecule has 1 atom stereocenters. The molecular formula is C7H16N2OS. The van der Waals surface area contributed by atoms with Crippen LogP contribution in [0.2, 0.25) is 0 Å². The Morgan fingerprint density at radius 3 is 2.73 bits per heavy atom. The van der Waals surface area contributed by atoms with Crippen LogP contribution in [-0.2, 0) is 0 Å². The molecule has 0 spiro atoms. The lowest BCUT2D eigenvalue weighted by Crippen LogP contribution is -2.41. The predicted molar refractivity (Wildman–Crippen MR) is 50.1 cm³/mol. The zero-order chi connectivity index (χ0) is 8.69. The number of urea groups is 1. The van der Waals surface area contributed by atoms with Gasteiger partial charge in [0.1, 0.15) is 0 Å². The largest absolute Gasteiger partial charge is 0.338 e. The molecule has 66 valence electrons. The van der Waals surface area contributed by atoms with E-state index in [1.807, 2.05) is 20.1 Å². The van der Waals surface area contributed by atoms with E-state index in [2.05, 4.69) is 10.6 Å². The summed E-state index contributed by atoms with van der Waals surface area (Å²) in [5, 5.41) is 5.49. The van der Waals surface area contributed by atoms with Gasteiger partial charge >= 0.3 is 6.03 Å². The van der Waals surface area contributed by atoms with E-state index in [1.54, 1.807) is 11.8 Å². The van der Waals surface area contributed by atoms with E-state index in [-0.39, 0.29) is 12.1 Å². The maximum absolute atomic E-state index is 10.9. The molecule has 2 N–H and O–H groups in total. The minimum atomic E-state index is -0.0750. The van der Waals surface area contributed by atoms with Gasteiger partial charge in [0, 0.05) is 18.3 Å². The van der Waals surface area contributed by atoms with E-state index >= 15 is 0 Å². The molecule has 4 heteroatoms. The van der Waals surface area contributed by atoms with Gasteiger partial charge in [-0.3, -0.25) is 0 Å². The minimum Gasteiger partial charge on any atom is -0.338 e. The molecule has 0 radical (unpaired) electrons. The molecule has 0 rings (SSSR count). The molecule has 2 amide bonds. The van der Waals surface area contributed by atoms with Gasteiger partial charge in [-0.05, 0) is 20.1 Å². The van der Waals surface area contributed by atoms with Gasteiger partial charge in [-0.25, -0.2) is 4.79 Å². The zero-order valence-corrected chi connectivity index (χ0v) is 8.12. The highest BCUT2D eigenvalue weighted by Crippen LogP contribution is 1.95. The van der Waals surface area contributed by atoms with Crippen LogP contribution in [0.1, 0.15) is 13.8 Å². The number of amides is 2. The minimum absolute atomic E-state index is 0.0750. The standard InChI is InChI=1S/C7H16N2OS/c1-4-8-7(10)9-6(2)5-11-3/h6H,4-5H2,1-3H3,(H2,8,9,10). The summed E-state index contributed by atoms with van der Waals surface area (Å²) >= 11 is 1.73. The molecule has 0 saturated carbocycles. The number of nitrogens with one attached hydrogen (secondary N) is 2. The Labute approximate surface area is 72.3 Å². The number of carbonyl (C=O) groups is 1. The van der Waals surface area contributed by atoms with Crippen LogP contribution in [0, 0.1) is 0 Å². The number of hydrogen-bond acceptors (Lipinski definition) is 2. The van der Waals surface area contributed by atoms with Crippen LogP contribution in [0.4, 0.5) is 4.79 Å². The van der Waals surface area contributed by atoms with Gasteiger partial charge in [-0.2, -0.15) is 11.8 Å². The average molecular weight is 176 g/mol. The molecule has 1 unspecified atom stereocenters. The van der Waals surface area contributed by atoms with Crippen LogP contribution in [0.15, 0.2) is 0 Å².